The number of rotatable bonds is 9. The summed E-state index contributed by atoms with van der Waals surface area (Å²) in [5.41, 5.74) is 1.26. The number of hydrogen-bond donors (Lipinski definition) is 2. The molecular weight excluding hydrogens is 264 g/mol. The Hall–Kier alpha value is -1.55. The summed E-state index contributed by atoms with van der Waals surface area (Å²) in [4.78, 5) is 11.7. The van der Waals surface area contributed by atoms with Gasteiger partial charge in [-0.1, -0.05) is 19.1 Å². The quantitative estimate of drug-likeness (QED) is 0.735. The molecule has 0 saturated heterocycles. The third kappa shape index (κ3) is 7.14. The maximum Gasteiger partial charge on any atom is 0.221 e. The minimum Gasteiger partial charge on any atom is -0.497 e. The van der Waals surface area contributed by atoms with E-state index in [9.17, 15) is 4.79 Å². The Morgan fingerprint density at radius 2 is 1.86 bits per heavy atom. The fraction of sp³-hybridized carbons (Fsp3) is 0.588. The first-order chi connectivity index (χ1) is 10.0. The van der Waals surface area contributed by atoms with Crippen LogP contribution in [0.5, 0.6) is 5.75 Å². The van der Waals surface area contributed by atoms with Gasteiger partial charge in [-0.25, -0.2) is 0 Å². The maximum atomic E-state index is 11.7. The Morgan fingerprint density at radius 3 is 2.43 bits per heavy atom. The van der Waals surface area contributed by atoms with Gasteiger partial charge in [0.1, 0.15) is 5.75 Å². The highest BCUT2D eigenvalue weighted by molar-refractivity contribution is 5.76. The summed E-state index contributed by atoms with van der Waals surface area (Å²) in [6.45, 7) is 6.94. The van der Waals surface area contributed by atoms with Crippen LogP contribution in [0.4, 0.5) is 0 Å². The summed E-state index contributed by atoms with van der Waals surface area (Å²) in [6, 6.07) is 8.70. The lowest BCUT2D eigenvalue weighted by Crippen LogP contribution is -2.36. The number of benzene rings is 1. The van der Waals surface area contributed by atoms with Crippen LogP contribution in [0.25, 0.3) is 0 Å². The van der Waals surface area contributed by atoms with E-state index in [0.29, 0.717) is 19.0 Å². The van der Waals surface area contributed by atoms with E-state index in [1.54, 1.807) is 7.11 Å². The number of ether oxygens (including phenoxy) is 1. The molecule has 0 heterocycles. The predicted molar refractivity (Wildman–Crippen MR) is 86.7 cm³/mol. The zero-order chi connectivity index (χ0) is 15.7. The predicted octanol–water partition coefficient (Wildman–Crippen LogP) is 2.52. The van der Waals surface area contributed by atoms with Crippen molar-refractivity contribution < 1.29 is 9.53 Å². The number of hydrogen-bond acceptors (Lipinski definition) is 3. The van der Waals surface area contributed by atoms with Crippen LogP contribution in [0, 0.1) is 0 Å². The molecule has 0 bridgehead atoms. The maximum absolute atomic E-state index is 11.7. The molecule has 1 aromatic carbocycles. The van der Waals surface area contributed by atoms with E-state index in [-0.39, 0.29) is 11.9 Å². The third-order valence-electron chi connectivity index (χ3n) is 3.57. The summed E-state index contributed by atoms with van der Waals surface area (Å²) in [7, 11) is 1.67. The number of amides is 1. The largest absolute Gasteiger partial charge is 0.497 e. The first-order valence-corrected chi connectivity index (χ1v) is 7.70. The van der Waals surface area contributed by atoms with Gasteiger partial charge in [-0.2, -0.15) is 0 Å². The van der Waals surface area contributed by atoms with Gasteiger partial charge in [-0.3, -0.25) is 4.79 Å². The third-order valence-corrected chi connectivity index (χ3v) is 3.57. The molecular formula is C17H28N2O2. The number of methoxy groups -OCH3 is 1. The fourth-order valence-electron chi connectivity index (χ4n) is 2.07. The normalized spacial score (nSPS) is 13.5. The minimum atomic E-state index is 0.119. The molecule has 1 aromatic rings. The van der Waals surface area contributed by atoms with Crippen LogP contribution >= 0.6 is 0 Å². The summed E-state index contributed by atoms with van der Waals surface area (Å²) in [5.74, 6) is 0.995. The summed E-state index contributed by atoms with van der Waals surface area (Å²) < 4.78 is 5.15. The van der Waals surface area contributed by atoms with Crippen molar-refractivity contribution in [3.63, 3.8) is 0 Å². The number of carbonyl (C=O) groups excluding carboxylic acids is 1. The lowest BCUT2D eigenvalue weighted by molar-refractivity contribution is -0.121. The molecule has 118 valence electrons. The SMILES string of the molecule is CCC(C)NC(=O)CCNC(C)Cc1ccc(OC)cc1. The first kappa shape index (κ1) is 17.5. The summed E-state index contributed by atoms with van der Waals surface area (Å²) in [6.07, 6.45) is 2.43. The van der Waals surface area contributed by atoms with Gasteiger partial charge in [-0.15, -0.1) is 0 Å². The van der Waals surface area contributed by atoms with E-state index in [2.05, 4.69) is 36.6 Å². The van der Waals surface area contributed by atoms with Gasteiger partial charge < -0.3 is 15.4 Å². The average Bonchev–Trinajstić information content (AvgIpc) is 2.47. The second-order valence-electron chi connectivity index (χ2n) is 5.53. The molecule has 2 atom stereocenters. The Labute approximate surface area is 128 Å². The summed E-state index contributed by atoms with van der Waals surface area (Å²) in [5, 5.41) is 6.36. The average molecular weight is 292 g/mol. The Kier molecular flexibility index (Phi) is 7.83. The highest BCUT2D eigenvalue weighted by atomic mass is 16.5. The Morgan fingerprint density at radius 1 is 1.19 bits per heavy atom. The molecule has 4 nitrogen and oxygen atoms in total. The zero-order valence-corrected chi connectivity index (χ0v) is 13.6. The standard InChI is InChI=1S/C17H28N2O2/c1-5-13(2)19-17(20)10-11-18-14(3)12-15-6-8-16(21-4)9-7-15/h6-9,13-14,18H,5,10-12H2,1-4H3,(H,19,20). The molecule has 0 aliphatic carbocycles. The molecule has 0 saturated carbocycles. The molecule has 0 fully saturated rings. The van der Waals surface area contributed by atoms with Crippen molar-refractivity contribution in [1.82, 2.24) is 10.6 Å². The molecule has 0 spiro atoms. The fourth-order valence-corrected chi connectivity index (χ4v) is 2.07. The topological polar surface area (TPSA) is 50.4 Å². The highest BCUT2D eigenvalue weighted by Crippen LogP contribution is 2.12. The van der Waals surface area contributed by atoms with Gasteiger partial charge in [0, 0.05) is 25.0 Å². The smallest absolute Gasteiger partial charge is 0.221 e. The molecule has 0 aliphatic heterocycles. The highest BCUT2D eigenvalue weighted by Gasteiger charge is 2.07. The van der Waals surface area contributed by atoms with E-state index >= 15 is 0 Å². The van der Waals surface area contributed by atoms with Crippen molar-refractivity contribution in [3.05, 3.63) is 29.8 Å². The van der Waals surface area contributed by atoms with Crippen LogP contribution in [-0.4, -0.2) is 31.6 Å². The van der Waals surface area contributed by atoms with Crippen LogP contribution in [0.2, 0.25) is 0 Å². The molecule has 2 N–H and O–H groups in total. The van der Waals surface area contributed by atoms with Crippen molar-refractivity contribution >= 4 is 5.91 Å². The van der Waals surface area contributed by atoms with Gasteiger partial charge in [0.15, 0.2) is 0 Å². The molecule has 0 aliphatic rings. The van der Waals surface area contributed by atoms with E-state index in [0.717, 1.165) is 18.6 Å². The van der Waals surface area contributed by atoms with Crippen molar-refractivity contribution in [2.45, 2.75) is 52.1 Å². The Bertz CT molecular complexity index is 417. The summed E-state index contributed by atoms with van der Waals surface area (Å²) >= 11 is 0. The van der Waals surface area contributed by atoms with Gasteiger partial charge in [-0.05, 0) is 44.4 Å². The van der Waals surface area contributed by atoms with Crippen LogP contribution in [0.3, 0.4) is 0 Å². The number of carbonyl (C=O) groups is 1. The van der Waals surface area contributed by atoms with E-state index in [1.165, 1.54) is 5.56 Å². The molecule has 4 heteroatoms. The lowest BCUT2D eigenvalue weighted by atomic mass is 10.1. The molecule has 2 unspecified atom stereocenters. The molecule has 21 heavy (non-hydrogen) atoms. The van der Waals surface area contributed by atoms with Crippen LogP contribution in [0.15, 0.2) is 24.3 Å². The van der Waals surface area contributed by atoms with Gasteiger partial charge in [0.25, 0.3) is 0 Å². The Balaban J connectivity index is 2.24. The van der Waals surface area contributed by atoms with Crippen molar-refractivity contribution in [2.75, 3.05) is 13.7 Å². The minimum absolute atomic E-state index is 0.119. The second-order valence-corrected chi connectivity index (χ2v) is 5.53. The molecule has 1 rings (SSSR count). The van der Waals surface area contributed by atoms with Gasteiger partial charge in [0.05, 0.1) is 7.11 Å². The van der Waals surface area contributed by atoms with E-state index in [4.69, 9.17) is 4.74 Å². The zero-order valence-electron chi connectivity index (χ0n) is 13.6. The van der Waals surface area contributed by atoms with Crippen molar-refractivity contribution in [1.29, 1.82) is 0 Å². The molecule has 0 aromatic heterocycles. The van der Waals surface area contributed by atoms with Crippen LogP contribution in [-0.2, 0) is 11.2 Å². The lowest BCUT2D eigenvalue weighted by Gasteiger charge is -2.15. The van der Waals surface area contributed by atoms with E-state index in [1.807, 2.05) is 19.1 Å². The number of nitrogens with one attached hydrogen (secondary N) is 2. The van der Waals surface area contributed by atoms with Crippen LogP contribution < -0.4 is 15.4 Å². The van der Waals surface area contributed by atoms with E-state index < -0.39 is 0 Å². The monoisotopic (exact) mass is 292 g/mol. The van der Waals surface area contributed by atoms with Gasteiger partial charge in [0.2, 0.25) is 5.91 Å². The van der Waals surface area contributed by atoms with Gasteiger partial charge >= 0.3 is 0 Å². The molecule has 1 amide bonds. The molecule has 0 radical (unpaired) electrons. The van der Waals surface area contributed by atoms with Crippen molar-refractivity contribution in [3.8, 4) is 5.75 Å². The van der Waals surface area contributed by atoms with Crippen LogP contribution in [0.1, 0.15) is 39.2 Å². The first-order valence-electron chi connectivity index (χ1n) is 7.70. The second kappa shape index (κ2) is 9.40. The van der Waals surface area contributed by atoms with Crippen molar-refractivity contribution in [2.24, 2.45) is 0 Å².